The molecule has 0 aliphatic rings. The molecule has 0 radical (unpaired) electrons. The summed E-state index contributed by atoms with van der Waals surface area (Å²) in [6.07, 6.45) is 52.3. The van der Waals surface area contributed by atoms with Crippen LogP contribution in [0.2, 0.25) is 6.04 Å². The Morgan fingerprint density at radius 3 is 0.553 bits per heavy atom. The number of aliphatic hydroxyl groups is 1. The standard InChI is InChI=1S/C42H88O4Si/c1-44-47(45-2,46-3)42-40-38-36-34-32-30-28-26-24-22-20-18-16-14-12-10-8-6-4-5-7-9-11-13-15-17-19-21-23-25-27-29-31-33-35-37-39-41-43/h43H,4-42H2,1-3H3. The lowest BCUT2D eigenvalue weighted by Crippen LogP contribution is -2.42. The number of hydrogen-bond acceptors (Lipinski definition) is 4. The summed E-state index contributed by atoms with van der Waals surface area (Å²) in [4.78, 5) is 0. The van der Waals surface area contributed by atoms with Crippen molar-refractivity contribution in [1.29, 1.82) is 0 Å². The number of hydrogen-bond donors (Lipinski definition) is 1. The van der Waals surface area contributed by atoms with Crippen molar-refractivity contribution in [2.75, 3.05) is 27.9 Å². The van der Waals surface area contributed by atoms with E-state index in [1.807, 2.05) is 0 Å². The molecular weight excluding hydrogens is 597 g/mol. The molecule has 0 rings (SSSR count). The largest absolute Gasteiger partial charge is 0.500 e. The molecule has 0 heterocycles. The molecule has 1 N–H and O–H groups in total. The Balaban J connectivity index is 3.11. The van der Waals surface area contributed by atoms with Gasteiger partial charge in [-0.1, -0.05) is 225 Å². The molecule has 0 saturated carbocycles. The fourth-order valence-corrected chi connectivity index (χ4v) is 8.99. The van der Waals surface area contributed by atoms with Crippen LogP contribution in [0.3, 0.4) is 0 Å². The minimum absolute atomic E-state index is 0.371. The summed E-state index contributed by atoms with van der Waals surface area (Å²) in [5, 5.41) is 8.80. The molecule has 0 fully saturated rings. The van der Waals surface area contributed by atoms with E-state index in [9.17, 15) is 0 Å². The first kappa shape index (κ1) is 47.1. The van der Waals surface area contributed by atoms with Gasteiger partial charge >= 0.3 is 8.80 Å². The molecule has 0 amide bonds. The Kier molecular flexibility index (Phi) is 40.5. The Morgan fingerprint density at radius 2 is 0.404 bits per heavy atom. The molecule has 0 unspecified atom stereocenters. The van der Waals surface area contributed by atoms with E-state index in [1.165, 1.54) is 225 Å². The molecule has 0 aliphatic carbocycles. The minimum atomic E-state index is -2.35. The molecule has 0 aromatic rings. The second kappa shape index (κ2) is 40.5. The monoisotopic (exact) mass is 685 g/mol. The molecule has 0 saturated heterocycles. The van der Waals surface area contributed by atoms with Crippen LogP contribution < -0.4 is 0 Å². The van der Waals surface area contributed by atoms with Crippen LogP contribution in [0.5, 0.6) is 0 Å². The average Bonchev–Trinajstić information content (AvgIpc) is 3.09. The van der Waals surface area contributed by atoms with Crippen molar-refractivity contribution in [3.63, 3.8) is 0 Å². The van der Waals surface area contributed by atoms with Gasteiger partial charge in [0.25, 0.3) is 0 Å². The van der Waals surface area contributed by atoms with E-state index >= 15 is 0 Å². The molecule has 0 spiro atoms. The summed E-state index contributed by atoms with van der Waals surface area (Å²) >= 11 is 0. The Bertz CT molecular complexity index is 548. The summed E-state index contributed by atoms with van der Waals surface area (Å²) in [6, 6.07) is 0.938. The van der Waals surface area contributed by atoms with E-state index in [4.69, 9.17) is 18.4 Å². The topological polar surface area (TPSA) is 47.9 Å². The predicted molar refractivity (Wildman–Crippen MR) is 210 cm³/mol. The van der Waals surface area contributed by atoms with E-state index in [2.05, 4.69) is 0 Å². The van der Waals surface area contributed by atoms with Crippen molar-refractivity contribution < 1.29 is 18.4 Å². The molecule has 0 aromatic carbocycles. The lowest BCUT2D eigenvalue weighted by molar-refractivity contribution is 0.122. The van der Waals surface area contributed by atoms with Crippen molar-refractivity contribution in [3.8, 4) is 0 Å². The third kappa shape index (κ3) is 35.7. The number of unbranched alkanes of at least 4 members (excludes halogenated alkanes) is 36. The predicted octanol–water partition coefficient (Wildman–Crippen LogP) is 14.3. The molecule has 0 aromatic heterocycles. The van der Waals surface area contributed by atoms with Crippen molar-refractivity contribution >= 4 is 8.80 Å². The van der Waals surface area contributed by atoms with E-state index in [0.717, 1.165) is 18.9 Å². The first-order valence-electron chi connectivity index (χ1n) is 21.5. The maximum Gasteiger partial charge on any atom is 0.500 e. The maximum absolute atomic E-state index is 8.80. The summed E-state index contributed by atoms with van der Waals surface area (Å²) in [5.41, 5.74) is 0. The second-order valence-electron chi connectivity index (χ2n) is 14.9. The van der Waals surface area contributed by atoms with Gasteiger partial charge in [-0.25, -0.2) is 0 Å². The van der Waals surface area contributed by atoms with Gasteiger partial charge in [0.05, 0.1) is 0 Å². The molecule has 47 heavy (non-hydrogen) atoms. The fraction of sp³-hybridized carbons (Fsp3) is 1.00. The summed E-state index contributed by atoms with van der Waals surface area (Å²) < 4.78 is 16.5. The van der Waals surface area contributed by atoms with Crippen LogP contribution in [-0.4, -0.2) is 41.8 Å². The average molecular weight is 685 g/mol. The van der Waals surface area contributed by atoms with Crippen LogP contribution in [0.25, 0.3) is 0 Å². The zero-order chi connectivity index (χ0) is 34.2. The number of aliphatic hydroxyl groups excluding tert-OH is 1. The zero-order valence-corrected chi connectivity index (χ0v) is 33.7. The van der Waals surface area contributed by atoms with Gasteiger partial charge in [-0.2, -0.15) is 0 Å². The highest BCUT2D eigenvalue weighted by Crippen LogP contribution is 2.20. The molecular formula is C42H88O4Si. The molecule has 4 nitrogen and oxygen atoms in total. The van der Waals surface area contributed by atoms with Gasteiger partial charge in [0.2, 0.25) is 0 Å². The Labute approximate surface area is 298 Å². The molecule has 0 aliphatic heterocycles. The Morgan fingerprint density at radius 1 is 0.255 bits per heavy atom. The quantitative estimate of drug-likeness (QED) is 0.0513. The highest BCUT2D eigenvalue weighted by Gasteiger charge is 2.36. The van der Waals surface area contributed by atoms with Crippen molar-refractivity contribution in [2.45, 2.75) is 244 Å². The van der Waals surface area contributed by atoms with E-state index < -0.39 is 8.80 Å². The Hall–Kier alpha value is 0.0569. The van der Waals surface area contributed by atoms with Gasteiger partial charge in [0.15, 0.2) is 0 Å². The summed E-state index contributed by atoms with van der Waals surface area (Å²) in [6.45, 7) is 0.371. The second-order valence-corrected chi connectivity index (χ2v) is 17.9. The highest BCUT2D eigenvalue weighted by atomic mass is 28.4. The van der Waals surface area contributed by atoms with Crippen LogP contribution >= 0.6 is 0 Å². The van der Waals surface area contributed by atoms with Crippen molar-refractivity contribution in [1.82, 2.24) is 0 Å². The van der Waals surface area contributed by atoms with Crippen molar-refractivity contribution in [3.05, 3.63) is 0 Å². The SMILES string of the molecule is CO[Si](CCCCCCCCCCCCCCCCCCCCCCCCCCCCCCCCCCCCCCCO)(OC)OC. The first-order valence-corrected chi connectivity index (χ1v) is 23.4. The van der Waals surface area contributed by atoms with Crippen LogP contribution in [0.4, 0.5) is 0 Å². The van der Waals surface area contributed by atoms with Crippen molar-refractivity contribution in [2.24, 2.45) is 0 Å². The van der Waals surface area contributed by atoms with E-state index in [0.29, 0.717) is 6.61 Å². The molecule has 5 heteroatoms. The zero-order valence-electron chi connectivity index (χ0n) is 32.7. The smallest absolute Gasteiger partial charge is 0.396 e. The summed E-state index contributed by atoms with van der Waals surface area (Å²) in [7, 11) is 2.78. The van der Waals surface area contributed by atoms with Crippen LogP contribution in [0, 0.1) is 0 Å². The lowest BCUT2D eigenvalue weighted by Gasteiger charge is -2.24. The highest BCUT2D eigenvalue weighted by molar-refractivity contribution is 6.60. The van der Waals surface area contributed by atoms with Crippen LogP contribution in [-0.2, 0) is 13.3 Å². The minimum Gasteiger partial charge on any atom is -0.396 e. The third-order valence-corrected chi connectivity index (χ3v) is 13.4. The van der Waals surface area contributed by atoms with Gasteiger partial charge in [-0.15, -0.1) is 0 Å². The normalized spacial score (nSPS) is 12.0. The number of rotatable bonds is 42. The molecule has 0 atom stereocenters. The molecule has 284 valence electrons. The van der Waals surface area contributed by atoms with Gasteiger partial charge < -0.3 is 18.4 Å². The fourth-order valence-electron chi connectivity index (χ4n) is 7.20. The van der Waals surface area contributed by atoms with Crippen LogP contribution in [0.15, 0.2) is 0 Å². The van der Waals surface area contributed by atoms with Gasteiger partial charge in [-0.3, -0.25) is 0 Å². The van der Waals surface area contributed by atoms with E-state index in [-0.39, 0.29) is 0 Å². The van der Waals surface area contributed by atoms with Gasteiger partial charge in [-0.05, 0) is 12.8 Å². The first-order chi connectivity index (χ1) is 23.2. The van der Waals surface area contributed by atoms with Gasteiger partial charge in [0, 0.05) is 34.0 Å². The lowest BCUT2D eigenvalue weighted by atomic mass is 10.0. The van der Waals surface area contributed by atoms with Gasteiger partial charge in [0.1, 0.15) is 0 Å². The summed E-state index contributed by atoms with van der Waals surface area (Å²) in [5.74, 6) is 0. The third-order valence-electron chi connectivity index (χ3n) is 10.6. The van der Waals surface area contributed by atoms with Crippen LogP contribution in [0.1, 0.15) is 238 Å². The van der Waals surface area contributed by atoms with E-state index in [1.54, 1.807) is 21.3 Å². The molecule has 0 bridgehead atoms. The maximum atomic E-state index is 8.80.